The van der Waals surface area contributed by atoms with Gasteiger partial charge in [-0.15, -0.1) is 5.92 Å². The van der Waals surface area contributed by atoms with Crippen LogP contribution in [0.25, 0.3) is 0 Å². The van der Waals surface area contributed by atoms with Gasteiger partial charge in [-0.3, -0.25) is 0 Å². The molecular weight excluding hydrogens is 195 g/mol. The van der Waals surface area contributed by atoms with Crippen molar-refractivity contribution in [2.45, 2.75) is 12.6 Å². The van der Waals surface area contributed by atoms with Gasteiger partial charge in [0.1, 0.15) is 13.2 Å². The van der Waals surface area contributed by atoms with Gasteiger partial charge in [0, 0.05) is 0 Å². The molecular formula is C7H10O5P+. The van der Waals surface area contributed by atoms with Gasteiger partial charge in [0.15, 0.2) is 0 Å². The van der Waals surface area contributed by atoms with E-state index >= 15 is 0 Å². The molecule has 72 valence electrons. The van der Waals surface area contributed by atoms with E-state index in [1.165, 1.54) is 6.92 Å². The van der Waals surface area contributed by atoms with Gasteiger partial charge in [-0.1, -0.05) is 0 Å². The highest BCUT2D eigenvalue weighted by Crippen LogP contribution is 2.63. The minimum atomic E-state index is -3.28. The summed E-state index contributed by atoms with van der Waals surface area (Å²) in [4.78, 5) is 20.3. The molecule has 1 saturated heterocycles. The average Bonchev–Trinajstić information content (AvgIpc) is 2.48. The summed E-state index contributed by atoms with van der Waals surface area (Å²) in [6.45, 7) is 1.94. The van der Waals surface area contributed by atoms with Crippen molar-refractivity contribution >= 4 is 13.9 Å². The normalized spacial score (nSPS) is 21.7. The predicted octanol–water partition coefficient (Wildman–Crippen LogP) is 0.265. The molecule has 1 heterocycles. The molecule has 0 saturated carbocycles. The topological polar surface area (TPSA) is 76.0 Å². The molecule has 6 heteroatoms. The molecule has 5 nitrogen and oxygen atoms in total. The van der Waals surface area contributed by atoms with Crippen LogP contribution in [0.1, 0.15) is 6.92 Å². The van der Waals surface area contributed by atoms with Crippen molar-refractivity contribution in [1.82, 2.24) is 0 Å². The Balaban J connectivity index is 2.83. The number of hydrogen-bond donors (Lipinski definition) is 2. The number of aliphatic carboxylic acids is 1. The van der Waals surface area contributed by atoms with E-state index in [2.05, 4.69) is 11.8 Å². The molecule has 1 unspecified atom stereocenters. The average molecular weight is 205 g/mol. The van der Waals surface area contributed by atoms with Gasteiger partial charge in [0.2, 0.25) is 0 Å². The molecule has 1 atom stereocenters. The third-order valence-electron chi connectivity index (χ3n) is 1.48. The number of carboxylic acid groups (broad SMARTS) is 1. The molecule has 0 aromatic rings. The lowest BCUT2D eigenvalue weighted by Crippen LogP contribution is -2.22. The zero-order chi connectivity index (χ0) is 9.90. The van der Waals surface area contributed by atoms with E-state index in [1.807, 2.05) is 0 Å². The zero-order valence-corrected chi connectivity index (χ0v) is 7.95. The molecule has 0 aromatic carbocycles. The quantitative estimate of drug-likeness (QED) is 0.499. The summed E-state index contributed by atoms with van der Waals surface area (Å²) in [5.41, 5.74) is -1.25. The molecule has 1 fully saturated rings. The van der Waals surface area contributed by atoms with E-state index in [4.69, 9.17) is 14.2 Å². The van der Waals surface area contributed by atoms with Crippen LogP contribution in [0, 0.1) is 11.8 Å². The Kier molecular flexibility index (Phi) is 3.23. The van der Waals surface area contributed by atoms with Gasteiger partial charge in [0.25, 0.3) is 0 Å². The van der Waals surface area contributed by atoms with Gasteiger partial charge in [-0.2, -0.15) is 13.9 Å². The highest BCUT2D eigenvalue weighted by atomic mass is 31.2. The van der Waals surface area contributed by atoms with E-state index in [0.29, 0.717) is 0 Å². The molecule has 1 aliphatic heterocycles. The number of carbonyl (C=O) groups is 1. The fourth-order valence-electron chi connectivity index (χ4n) is 0.942. The van der Waals surface area contributed by atoms with Crippen molar-refractivity contribution in [2.75, 3.05) is 13.2 Å². The number of carboxylic acids is 1. The van der Waals surface area contributed by atoms with Crippen molar-refractivity contribution in [3.8, 4) is 11.8 Å². The fourth-order valence-corrected chi connectivity index (χ4v) is 2.56. The lowest BCUT2D eigenvalue weighted by molar-refractivity contribution is -0.135. The van der Waals surface area contributed by atoms with Crippen LogP contribution in [0.15, 0.2) is 0 Å². The van der Waals surface area contributed by atoms with Crippen molar-refractivity contribution in [3.05, 3.63) is 0 Å². The molecule has 0 bridgehead atoms. The van der Waals surface area contributed by atoms with Crippen molar-refractivity contribution in [1.29, 1.82) is 0 Å². The second kappa shape index (κ2) is 4.03. The standard InChI is InChI=1S/C7H9O5P/c1-2-3-6(7(8)9)13(10)11-4-5-12-13/h6,10H,4-5H2,1H3/p+1. The smallest absolute Gasteiger partial charge is 0.436 e. The van der Waals surface area contributed by atoms with Gasteiger partial charge >= 0.3 is 19.6 Å². The van der Waals surface area contributed by atoms with Gasteiger partial charge in [0.05, 0.1) is 0 Å². The maximum absolute atomic E-state index is 10.7. The van der Waals surface area contributed by atoms with Crippen LogP contribution in [0.4, 0.5) is 0 Å². The largest absolute Gasteiger partial charge is 0.477 e. The zero-order valence-electron chi connectivity index (χ0n) is 7.06. The Morgan fingerprint density at radius 1 is 1.54 bits per heavy atom. The molecule has 0 aromatic heterocycles. The van der Waals surface area contributed by atoms with Crippen LogP contribution in [0.2, 0.25) is 0 Å². The van der Waals surface area contributed by atoms with Gasteiger partial charge < -0.3 is 5.11 Å². The molecule has 2 N–H and O–H groups in total. The molecule has 0 radical (unpaired) electrons. The lowest BCUT2D eigenvalue weighted by Gasteiger charge is -2.11. The second-order valence-electron chi connectivity index (χ2n) is 2.37. The molecule has 0 aliphatic carbocycles. The van der Waals surface area contributed by atoms with Crippen LogP contribution >= 0.6 is 7.94 Å². The summed E-state index contributed by atoms with van der Waals surface area (Å²) in [7, 11) is -3.28. The molecule has 1 rings (SSSR count). The Morgan fingerprint density at radius 2 is 2.08 bits per heavy atom. The molecule has 13 heavy (non-hydrogen) atoms. The molecule has 0 amide bonds. The number of rotatable bonds is 2. The van der Waals surface area contributed by atoms with E-state index in [-0.39, 0.29) is 13.2 Å². The summed E-state index contributed by atoms with van der Waals surface area (Å²) in [6.07, 6.45) is 0. The van der Waals surface area contributed by atoms with Crippen molar-refractivity contribution < 1.29 is 23.8 Å². The highest BCUT2D eigenvalue weighted by Gasteiger charge is 2.57. The number of hydrogen-bond acceptors (Lipinski definition) is 4. The minimum absolute atomic E-state index is 0.222. The van der Waals surface area contributed by atoms with E-state index in [0.717, 1.165) is 0 Å². The second-order valence-corrected chi connectivity index (χ2v) is 4.53. The maximum atomic E-state index is 10.7. The summed E-state index contributed by atoms with van der Waals surface area (Å²) >= 11 is 0. The van der Waals surface area contributed by atoms with Crippen LogP contribution in [-0.4, -0.2) is 34.8 Å². The van der Waals surface area contributed by atoms with Crippen LogP contribution in [0.5, 0.6) is 0 Å². The third-order valence-corrected chi connectivity index (χ3v) is 3.58. The summed E-state index contributed by atoms with van der Waals surface area (Å²) in [5, 5.41) is 8.74. The predicted molar refractivity (Wildman–Crippen MR) is 45.9 cm³/mol. The van der Waals surface area contributed by atoms with E-state index < -0.39 is 19.6 Å². The Labute approximate surface area is 76.2 Å². The van der Waals surface area contributed by atoms with Crippen LogP contribution in [-0.2, 0) is 13.8 Å². The van der Waals surface area contributed by atoms with Crippen molar-refractivity contribution in [2.24, 2.45) is 0 Å². The van der Waals surface area contributed by atoms with Crippen molar-refractivity contribution in [3.63, 3.8) is 0 Å². The SMILES string of the molecule is CC#CC(C(=O)O)[P+]1(O)OCCO1. The summed E-state index contributed by atoms with van der Waals surface area (Å²) in [5.74, 6) is 3.58. The lowest BCUT2D eigenvalue weighted by atomic mass is 10.4. The van der Waals surface area contributed by atoms with E-state index in [1.54, 1.807) is 0 Å². The summed E-state index contributed by atoms with van der Waals surface area (Å²) < 4.78 is 9.76. The van der Waals surface area contributed by atoms with Crippen LogP contribution in [0.3, 0.4) is 0 Å². The first-order valence-corrected chi connectivity index (χ1v) is 5.30. The van der Waals surface area contributed by atoms with Gasteiger partial charge in [-0.25, -0.2) is 4.79 Å². The monoisotopic (exact) mass is 205 g/mol. The van der Waals surface area contributed by atoms with Crippen LogP contribution < -0.4 is 0 Å². The Morgan fingerprint density at radius 3 is 2.46 bits per heavy atom. The minimum Gasteiger partial charge on any atom is -0.477 e. The Hall–Kier alpha value is -0.660. The van der Waals surface area contributed by atoms with Gasteiger partial charge in [-0.05, 0) is 12.8 Å². The third kappa shape index (κ3) is 2.17. The van der Waals surface area contributed by atoms with E-state index in [9.17, 15) is 9.69 Å². The molecule has 0 spiro atoms. The maximum Gasteiger partial charge on any atom is 0.436 e. The molecule has 1 aliphatic rings. The first-order valence-electron chi connectivity index (χ1n) is 3.66. The summed E-state index contributed by atoms with van der Waals surface area (Å²) in [6, 6.07) is 0. The first kappa shape index (κ1) is 10.4. The first-order chi connectivity index (χ1) is 6.10. The Bertz CT molecular complexity index is 260. The highest BCUT2D eigenvalue weighted by molar-refractivity contribution is 7.62. The fraction of sp³-hybridized carbons (Fsp3) is 0.571.